The molecule has 132 valence electrons. The molecule has 1 saturated heterocycles. The minimum Gasteiger partial charge on any atom is -0.457 e. The van der Waals surface area contributed by atoms with E-state index in [4.69, 9.17) is 4.74 Å². The molecule has 0 saturated carbocycles. The van der Waals surface area contributed by atoms with Crippen molar-refractivity contribution in [2.24, 2.45) is 0 Å². The maximum Gasteiger partial charge on any atom is 0.264 e. The Hall–Kier alpha value is -2.49. The van der Waals surface area contributed by atoms with Gasteiger partial charge in [0.25, 0.3) is 5.91 Å². The number of nitrogens with zero attached hydrogens (tertiary/aromatic N) is 1. The lowest BCUT2D eigenvalue weighted by molar-refractivity contribution is -0.158. The van der Waals surface area contributed by atoms with Gasteiger partial charge in [0, 0.05) is 0 Å². The van der Waals surface area contributed by atoms with Gasteiger partial charge >= 0.3 is 0 Å². The molecule has 1 atom stereocenters. The van der Waals surface area contributed by atoms with Crippen molar-refractivity contribution in [3.63, 3.8) is 0 Å². The Kier molecular flexibility index (Phi) is 4.71. The molecule has 3 rings (SSSR count). The fourth-order valence-corrected chi connectivity index (χ4v) is 3.58. The smallest absolute Gasteiger partial charge is 0.264 e. The molecule has 0 radical (unpaired) electrons. The van der Waals surface area contributed by atoms with E-state index in [1.54, 1.807) is 0 Å². The summed E-state index contributed by atoms with van der Waals surface area (Å²) in [5, 5.41) is 9.73. The summed E-state index contributed by atoms with van der Waals surface area (Å²) < 4.78 is 45.2. The molecule has 1 amide bonds. The number of rotatable bonds is 5. The van der Waals surface area contributed by atoms with Crippen molar-refractivity contribution in [1.29, 1.82) is 0 Å². The first-order valence-electron chi connectivity index (χ1n) is 7.41. The van der Waals surface area contributed by atoms with Crippen molar-refractivity contribution in [2.45, 2.75) is 17.4 Å². The summed E-state index contributed by atoms with van der Waals surface area (Å²) in [5.41, 5.74) is 0. The molecule has 2 aromatic rings. The van der Waals surface area contributed by atoms with Crippen LogP contribution >= 0.6 is 0 Å². The molecule has 0 bridgehead atoms. The van der Waals surface area contributed by atoms with Crippen molar-refractivity contribution >= 4 is 15.9 Å². The van der Waals surface area contributed by atoms with Crippen LogP contribution in [0.25, 0.3) is 0 Å². The van der Waals surface area contributed by atoms with Gasteiger partial charge in [-0.05, 0) is 55.0 Å². The van der Waals surface area contributed by atoms with Crippen molar-refractivity contribution in [1.82, 2.24) is 9.79 Å². The number of carbonyl (C=O) groups is 1. The molecule has 1 aliphatic heterocycles. The zero-order chi connectivity index (χ0) is 18.0. The minimum atomic E-state index is -3.91. The fraction of sp³-hybridized carbons (Fsp3) is 0.188. The van der Waals surface area contributed by atoms with Gasteiger partial charge in [-0.15, -0.1) is 0 Å². The molecule has 2 aromatic carbocycles. The van der Waals surface area contributed by atoms with E-state index in [-0.39, 0.29) is 23.7 Å². The summed E-state index contributed by atoms with van der Waals surface area (Å²) in [5.74, 6) is -0.277. The van der Waals surface area contributed by atoms with Crippen molar-refractivity contribution in [2.75, 3.05) is 6.54 Å². The lowest BCUT2D eigenvalue weighted by Crippen LogP contribution is -2.40. The van der Waals surface area contributed by atoms with Gasteiger partial charge in [0.05, 0.1) is 11.4 Å². The lowest BCUT2D eigenvalue weighted by Gasteiger charge is -2.12. The summed E-state index contributed by atoms with van der Waals surface area (Å²) in [6.45, 7) is 0.0798. The molecule has 1 unspecified atom stereocenters. The molecule has 1 fully saturated rings. The van der Waals surface area contributed by atoms with Crippen molar-refractivity contribution in [3.05, 3.63) is 54.3 Å². The van der Waals surface area contributed by atoms with Crippen LogP contribution in [0.1, 0.15) is 6.42 Å². The highest BCUT2D eigenvalue weighted by Gasteiger charge is 2.34. The van der Waals surface area contributed by atoms with Gasteiger partial charge in [-0.2, -0.15) is 4.72 Å². The number of halogens is 1. The average molecular weight is 366 g/mol. The molecule has 1 heterocycles. The highest BCUT2D eigenvalue weighted by molar-refractivity contribution is 7.89. The van der Waals surface area contributed by atoms with Crippen LogP contribution < -0.4 is 9.46 Å². The molecule has 0 aliphatic carbocycles. The second-order valence-corrected chi connectivity index (χ2v) is 7.17. The number of amides is 1. The monoisotopic (exact) mass is 366 g/mol. The van der Waals surface area contributed by atoms with E-state index in [1.165, 1.54) is 48.5 Å². The predicted octanol–water partition coefficient (Wildman–Crippen LogP) is 1.89. The Morgan fingerprint density at radius 3 is 2.16 bits per heavy atom. The maximum atomic E-state index is 12.9. The van der Waals surface area contributed by atoms with Crippen LogP contribution in [0.2, 0.25) is 0 Å². The third-order valence-electron chi connectivity index (χ3n) is 3.66. The van der Waals surface area contributed by atoms with Crippen LogP contribution in [0.5, 0.6) is 11.5 Å². The lowest BCUT2D eigenvalue weighted by atomic mass is 10.3. The van der Waals surface area contributed by atoms with Crippen LogP contribution in [0.4, 0.5) is 4.39 Å². The van der Waals surface area contributed by atoms with Gasteiger partial charge in [0.15, 0.2) is 0 Å². The fourth-order valence-electron chi connectivity index (χ4n) is 2.36. The molecule has 0 spiro atoms. The van der Waals surface area contributed by atoms with Gasteiger partial charge in [0.2, 0.25) is 10.0 Å². The second-order valence-electron chi connectivity index (χ2n) is 5.45. The quantitative estimate of drug-likeness (QED) is 0.788. The van der Waals surface area contributed by atoms with Gasteiger partial charge < -0.3 is 4.74 Å². The van der Waals surface area contributed by atoms with Gasteiger partial charge in [-0.25, -0.2) is 17.9 Å². The SMILES string of the molecule is O=C1C(NS(=O)(=O)c2ccc(Oc3ccc(F)cc3)cc2)CCN1O. The van der Waals surface area contributed by atoms with Crippen LogP contribution in [0.3, 0.4) is 0 Å². The molecule has 9 heteroatoms. The summed E-state index contributed by atoms with van der Waals surface area (Å²) in [6, 6.07) is 9.99. The number of ether oxygens (including phenoxy) is 1. The molecule has 2 N–H and O–H groups in total. The zero-order valence-electron chi connectivity index (χ0n) is 12.9. The highest BCUT2D eigenvalue weighted by Crippen LogP contribution is 2.23. The number of hydroxylamine groups is 2. The molecule has 0 aromatic heterocycles. The normalized spacial score (nSPS) is 17.8. The Bertz CT molecular complexity index is 868. The summed E-state index contributed by atoms with van der Waals surface area (Å²) in [7, 11) is -3.91. The van der Waals surface area contributed by atoms with E-state index in [9.17, 15) is 22.8 Å². The van der Waals surface area contributed by atoms with Crippen molar-refractivity contribution < 1.29 is 27.5 Å². The predicted molar refractivity (Wildman–Crippen MR) is 85.1 cm³/mol. The Labute approximate surface area is 143 Å². The minimum absolute atomic E-state index is 0.0388. The molecular formula is C16H15FN2O5S. The van der Waals surface area contributed by atoms with Crippen LogP contribution in [-0.2, 0) is 14.8 Å². The third-order valence-corrected chi connectivity index (χ3v) is 5.15. The van der Waals surface area contributed by atoms with E-state index >= 15 is 0 Å². The van der Waals surface area contributed by atoms with Crippen LogP contribution in [0.15, 0.2) is 53.4 Å². The summed E-state index contributed by atoms with van der Waals surface area (Å²) in [4.78, 5) is 11.6. The first kappa shape index (κ1) is 17.3. The number of carbonyl (C=O) groups excluding carboxylic acids is 1. The van der Waals surface area contributed by atoms with E-state index in [0.717, 1.165) is 0 Å². The maximum absolute atomic E-state index is 12.9. The largest absolute Gasteiger partial charge is 0.457 e. The molecule has 1 aliphatic rings. The molecule has 25 heavy (non-hydrogen) atoms. The Morgan fingerprint density at radius 1 is 1.08 bits per heavy atom. The number of benzene rings is 2. The standard InChI is InChI=1S/C16H15FN2O5S/c17-11-1-3-12(4-2-11)24-13-5-7-14(8-6-13)25(22,23)18-15-9-10-19(21)16(15)20/h1-8,15,18,21H,9-10H2. The van der Waals surface area contributed by atoms with Gasteiger partial charge in [-0.1, -0.05) is 0 Å². The van der Waals surface area contributed by atoms with Crippen molar-refractivity contribution in [3.8, 4) is 11.5 Å². The zero-order valence-corrected chi connectivity index (χ0v) is 13.7. The van der Waals surface area contributed by atoms with E-state index < -0.39 is 22.0 Å². The summed E-state index contributed by atoms with van der Waals surface area (Å²) >= 11 is 0. The van der Waals surface area contributed by atoms with Gasteiger partial charge in [-0.3, -0.25) is 10.0 Å². The third kappa shape index (κ3) is 3.95. The van der Waals surface area contributed by atoms with Crippen LogP contribution in [-0.4, -0.2) is 37.2 Å². The Morgan fingerprint density at radius 2 is 1.64 bits per heavy atom. The first-order valence-corrected chi connectivity index (χ1v) is 8.89. The Balaban J connectivity index is 1.70. The topological polar surface area (TPSA) is 95.9 Å². The molecule has 7 nitrogen and oxygen atoms in total. The van der Waals surface area contributed by atoms with E-state index in [2.05, 4.69) is 4.72 Å². The van der Waals surface area contributed by atoms with E-state index in [1.807, 2.05) is 0 Å². The number of sulfonamides is 1. The number of hydrogen-bond acceptors (Lipinski definition) is 5. The number of hydrogen-bond donors (Lipinski definition) is 2. The van der Waals surface area contributed by atoms with Crippen LogP contribution in [0, 0.1) is 5.82 Å². The highest BCUT2D eigenvalue weighted by atomic mass is 32.2. The first-order chi connectivity index (χ1) is 11.8. The van der Waals surface area contributed by atoms with E-state index in [0.29, 0.717) is 16.6 Å². The second kappa shape index (κ2) is 6.79. The number of nitrogens with one attached hydrogen (secondary N) is 1. The summed E-state index contributed by atoms with van der Waals surface area (Å²) in [6.07, 6.45) is 0.195. The molecular weight excluding hydrogens is 351 g/mol. The van der Waals surface area contributed by atoms with Gasteiger partial charge in [0.1, 0.15) is 23.4 Å². The average Bonchev–Trinajstić information content (AvgIpc) is 2.89.